The first-order valence-electron chi connectivity index (χ1n) is 8.72. The van der Waals surface area contributed by atoms with Gasteiger partial charge in [0.25, 0.3) is 10.0 Å². The Labute approximate surface area is 177 Å². The van der Waals surface area contributed by atoms with Gasteiger partial charge >= 0.3 is 0 Å². The zero-order chi connectivity index (χ0) is 21.3. The molecule has 0 amide bonds. The predicted octanol–water partition coefficient (Wildman–Crippen LogP) is 3.84. The molecule has 152 valence electrons. The summed E-state index contributed by atoms with van der Waals surface area (Å²) in [5, 5.41) is 3.75. The Hall–Kier alpha value is -3.30. The van der Waals surface area contributed by atoms with E-state index in [1.165, 1.54) is 13.3 Å². The third-order valence-corrected chi connectivity index (χ3v) is 6.35. The number of halogens is 2. The van der Waals surface area contributed by atoms with Crippen LogP contribution in [-0.2, 0) is 10.0 Å². The molecule has 0 atom stereocenters. The summed E-state index contributed by atoms with van der Waals surface area (Å²) in [5.74, 6) is -0.697. The minimum atomic E-state index is -3.99. The van der Waals surface area contributed by atoms with Crippen LogP contribution in [0.3, 0.4) is 0 Å². The van der Waals surface area contributed by atoms with E-state index in [0.717, 1.165) is 33.7 Å². The molecule has 7 nitrogen and oxygen atoms in total. The number of hydrogen-bond acceptors (Lipinski definition) is 5. The van der Waals surface area contributed by atoms with Crippen molar-refractivity contribution in [1.82, 2.24) is 18.8 Å². The van der Waals surface area contributed by atoms with E-state index in [1.54, 1.807) is 23.0 Å². The zero-order valence-electron chi connectivity index (χ0n) is 15.6. The van der Waals surface area contributed by atoms with E-state index >= 15 is 0 Å². The molecule has 0 aliphatic rings. The van der Waals surface area contributed by atoms with Crippen LogP contribution in [0, 0.1) is 5.82 Å². The molecule has 0 aliphatic carbocycles. The molecule has 0 spiro atoms. The molecule has 3 heterocycles. The highest BCUT2D eigenvalue weighted by atomic mass is 35.5. The second-order valence-electron chi connectivity index (χ2n) is 6.33. The molecule has 0 N–H and O–H groups in total. The standard InChI is InChI=1S/C20H15ClFN5O2S/c1-26(30(28,29)17-5-6-19(22)18(21)9-17)25-12-16-11-24-20-7-4-15(13-27(16)20)14-3-2-8-23-10-14/h2-13H,1H3. The van der Waals surface area contributed by atoms with E-state index in [-0.39, 0.29) is 9.92 Å². The Morgan fingerprint density at radius 2 is 2.00 bits per heavy atom. The van der Waals surface area contributed by atoms with E-state index < -0.39 is 15.8 Å². The minimum Gasteiger partial charge on any atom is -0.298 e. The van der Waals surface area contributed by atoms with Gasteiger partial charge in [-0.25, -0.2) is 9.37 Å². The molecule has 10 heteroatoms. The van der Waals surface area contributed by atoms with E-state index in [9.17, 15) is 12.8 Å². The van der Waals surface area contributed by atoms with Gasteiger partial charge < -0.3 is 0 Å². The second-order valence-corrected chi connectivity index (χ2v) is 8.69. The van der Waals surface area contributed by atoms with Gasteiger partial charge in [0.05, 0.1) is 28.0 Å². The predicted molar refractivity (Wildman–Crippen MR) is 112 cm³/mol. The summed E-state index contributed by atoms with van der Waals surface area (Å²) >= 11 is 5.70. The van der Waals surface area contributed by atoms with Gasteiger partial charge in [-0.3, -0.25) is 9.38 Å². The normalized spacial score (nSPS) is 12.0. The van der Waals surface area contributed by atoms with Crippen LogP contribution in [0.2, 0.25) is 5.02 Å². The third kappa shape index (κ3) is 3.77. The SMILES string of the molecule is CN(N=Cc1cnc2ccc(-c3cccnc3)cn12)S(=O)(=O)c1ccc(F)c(Cl)c1. The Bertz CT molecular complexity index is 1360. The minimum absolute atomic E-state index is 0.162. The Balaban J connectivity index is 1.65. The fraction of sp³-hybridized carbons (Fsp3) is 0.0500. The van der Waals surface area contributed by atoms with Crippen molar-refractivity contribution in [2.45, 2.75) is 4.90 Å². The van der Waals surface area contributed by atoms with Crippen molar-refractivity contribution in [2.75, 3.05) is 7.05 Å². The second kappa shape index (κ2) is 7.85. The van der Waals surface area contributed by atoms with Gasteiger partial charge in [0.15, 0.2) is 0 Å². The van der Waals surface area contributed by atoms with E-state index in [4.69, 9.17) is 11.6 Å². The van der Waals surface area contributed by atoms with Crippen molar-refractivity contribution in [3.63, 3.8) is 0 Å². The van der Waals surface area contributed by atoms with Crippen LogP contribution in [0.15, 0.2) is 77.2 Å². The number of sulfonamides is 1. The number of fused-ring (bicyclic) bond motifs is 1. The molecule has 0 fully saturated rings. The molecule has 1 aromatic carbocycles. The Morgan fingerprint density at radius 1 is 1.17 bits per heavy atom. The molecule has 0 bridgehead atoms. The highest BCUT2D eigenvalue weighted by Crippen LogP contribution is 2.22. The lowest BCUT2D eigenvalue weighted by molar-refractivity contribution is 0.490. The van der Waals surface area contributed by atoms with Crippen LogP contribution >= 0.6 is 11.6 Å². The van der Waals surface area contributed by atoms with Crippen molar-refractivity contribution in [3.8, 4) is 11.1 Å². The van der Waals surface area contributed by atoms with Crippen molar-refractivity contribution in [1.29, 1.82) is 0 Å². The molecule has 0 radical (unpaired) electrons. The number of hydrazone groups is 1. The highest BCUT2D eigenvalue weighted by molar-refractivity contribution is 7.89. The molecule has 0 aliphatic heterocycles. The summed E-state index contributed by atoms with van der Waals surface area (Å²) < 4.78 is 41.2. The number of imidazole rings is 1. The van der Waals surface area contributed by atoms with Crippen molar-refractivity contribution in [3.05, 3.63) is 83.8 Å². The summed E-state index contributed by atoms with van der Waals surface area (Å²) in [4.78, 5) is 8.26. The van der Waals surface area contributed by atoms with Gasteiger partial charge in [-0.2, -0.15) is 17.9 Å². The average Bonchev–Trinajstić information content (AvgIpc) is 3.16. The maximum atomic E-state index is 13.3. The number of hydrogen-bond donors (Lipinski definition) is 0. The number of nitrogens with zero attached hydrogens (tertiary/aromatic N) is 5. The lowest BCUT2D eigenvalue weighted by Gasteiger charge is -2.13. The molecule has 0 saturated carbocycles. The molecule has 3 aromatic heterocycles. The molecular weight excluding hydrogens is 429 g/mol. The molecule has 0 saturated heterocycles. The van der Waals surface area contributed by atoms with Crippen molar-refractivity contribution >= 4 is 33.5 Å². The first-order valence-corrected chi connectivity index (χ1v) is 10.5. The molecule has 4 rings (SSSR count). The van der Waals surface area contributed by atoms with Gasteiger partial charge in [-0.15, -0.1) is 0 Å². The summed E-state index contributed by atoms with van der Waals surface area (Å²) in [6.07, 6.45) is 8.29. The van der Waals surface area contributed by atoms with Crippen molar-refractivity contribution in [2.24, 2.45) is 5.10 Å². The Morgan fingerprint density at radius 3 is 2.73 bits per heavy atom. The van der Waals surface area contributed by atoms with Crippen LogP contribution in [-0.4, -0.2) is 40.5 Å². The first-order chi connectivity index (χ1) is 14.4. The zero-order valence-corrected chi connectivity index (χ0v) is 17.2. The van der Waals surface area contributed by atoms with Crippen LogP contribution in [0.1, 0.15) is 5.69 Å². The number of rotatable bonds is 5. The molecular formula is C20H15ClFN5O2S. The van der Waals surface area contributed by atoms with Gasteiger partial charge in [-0.1, -0.05) is 17.7 Å². The van der Waals surface area contributed by atoms with Crippen LogP contribution < -0.4 is 0 Å². The molecule has 4 aromatic rings. The molecule has 0 unspecified atom stereocenters. The van der Waals surface area contributed by atoms with Gasteiger partial charge in [-0.05, 0) is 36.4 Å². The van der Waals surface area contributed by atoms with Crippen LogP contribution in [0.25, 0.3) is 16.8 Å². The fourth-order valence-corrected chi connectivity index (χ4v) is 4.02. The summed E-state index contributed by atoms with van der Waals surface area (Å²) in [7, 11) is -2.70. The van der Waals surface area contributed by atoms with E-state index in [0.29, 0.717) is 11.3 Å². The number of pyridine rings is 2. The summed E-state index contributed by atoms with van der Waals surface area (Å²) in [6.45, 7) is 0. The average molecular weight is 444 g/mol. The summed E-state index contributed by atoms with van der Waals surface area (Å²) in [6, 6.07) is 10.7. The van der Waals surface area contributed by atoms with Crippen LogP contribution in [0.5, 0.6) is 0 Å². The lowest BCUT2D eigenvalue weighted by atomic mass is 10.1. The maximum Gasteiger partial charge on any atom is 0.278 e. The van der Waals surface area contributed by atoms with Crippen LogP contribution in [0.4, 0.5) is 4.39 Å². The first kappa shape index (κ1) is 20.0. The van der Waals surface area contributed by atoms with E-state index in [2.05, 4.69) is 15.1 Å². The van der Waals surface area contributed by atoms with Gasteiger partial charge in [0.2, 0.25) is 0 Å². The topological polar surface area (TPSA) is 79.9 Å². The summed E-state index contributed by atoms with van der Waals surface area (Å²) in [5.41, 5.74) is 3.11. The quantitative estimate of drug-likeness (QED) is 0.346. The van der Waals surface area contributed by atoms with Gasteiger partial charge in [0, 0.05) is 36.8 Å². The lowest BCUT2D eigenvalue weighted by Crippen LogP contribution is -2.22. The number of aromatic nitrogens is 3. The maximum absolute atomic E-state index is 13.3. The smallest absolute Gasteiger partial charge is 0.278 e. The van der Waals surface area contributed by atoms with Crippen molar-refractivity contribution < 1.29 is 12.8 Å². The monoisotopic (exact) mass is 443 g/mol. The number of benzene rings is 1. The highest BCUT2D eigenvalue weighted by Gasteiger charge is 2.20. The van der Waals surface area contributed by atoms with E-state index in [1.807, 2.05) is 30.5 Å². The van der Waals surface area contributed by atoms with Gasteiger partial charge in [0.1, 0.15) is 11.5 Å². The molecule has 30 heavy (non-hydrogen) atoms. The Kier molecular flexibility index (Phi) is 5.23. The third-order valence-electron chi connectivity index (χ3n) is 4.42. The largest absolute Gasteiger partial charge is 0.298 e. The fourth-order valence-electron chi connectivity index (χ4n) is 2.79.